The summed E-state index contributed by atoms with van der Waals surface area (Å²) in [6, 6.07) is 7.99. The normalized spacial score (nSPS) is 34.1. The van der Waals surface area contributed by atoms with Gasteiger partial charge in [-0.2, -0.15) is 0 Å². The van der Waals surface area contributed by atoms with Gasteiger partial charge < -0.3 is 23.7 Å². The van der Waals surface area contributed by atoms with Gasteiger partial charge in [-0.25, -0.2) is 0 Å². The molecule has 0 spiro atoms. The quantitative estimate of drug-likeness (QED) is 0.736. The summed E-state index contributed by atoms with van der Waals surface area (Å²) in [4.78, 5) is 0. The zero-order chi connectivity index (χ0) is 19.2. The van der Waals surface area contributed by atoms with Crippen LogP contribution >= 0.6 is 0 Å². The average molecular weight is 386 g/mol. The molecule has 0 aliphatic carbocycles. The van der Waals surface area contributed by atoms with Gasteiger partial charge in [-0.15, -0.1) is 0 Å². The van der Waals surface area contributed by atoms with Crippen molar-refractivity contribution in [1.82, 2.24) is 0 Å². The Kier molecular flexibility index (Phi) is 6.81. The van der Waals surface area contributed by atoms with Gasteiger partial charge in [0, 0.05) is 6.61 Å². The summed E-state index contributed by atoms with van der Waals surface area (Å²) in [6.45, 7) is 1.81. The van der Waals surface area contributed by atoms with Gasteiger partial charge in [0.2, 0.25) is 0 Å². The Morgan fingerprint density at radius 2 is 1.68 bits per heavy atom. The number of ether oxygens (including phenoxy) is 5. The molecule has 0 amide bonds. The maximum atomic E-state index is 6.45. The lowest BCUT2D eigenvalue weighted by Crippen LogP contribution is -2.59. The van der Waals surface area contributed by atoms with Crippen molar-refractivity contribution in [1.29, 1.82) is 0 Å². The first-order chi connectivity index (χ1) is 13.8. The van der Waals surface area contributed by atoms with E-state index in [1.54, 1.807) is 7.11 Å². The van der Waals surface area contributed by atoms with Crippen LogP contribution in [-0.2, 0) is 25.6 Å². The summed E-state index contributed by atoms with van der Waals surface area (Å²) in [5, 5.41) is 0. The number of hydrogen-bond donors (Lipinski definition) is 0. The Bertz CT molecular complexity index is 668. The first-order valence-electron chi connectivity index (χ1n) is 10.3. The second kappa shape index (κ2) is 9.70. The van der Waals surface area contributed by atoms with E-state index in [9.17, 15) is 0 Å². The Morgan fingerprint density at radius 3 is 2.46 bits per heavy atom. The molecule has 0 N–H and O–H groups in total. The fraction of sp³-hybridized carbons (Fsp3) is 0.565. The molecule has 5 heteroatoms. The van der Waals surface area contributed by atoms with E-state index >= 15 is 0 Å². The molecule has 1 fully saturated rings. The van der Waals surface area contributed by atoms with Gasteiger partial charge in [0.05, 0.1) is 32.5 Å². The molecular weight excluding hydrogens is 356 g/mol. The Labute approximate surface area is 167 Å². The van der Waals surface area contributed by atoms with Crippen molar-refractivity contribution in [3.05, 3.63) is 54.1 Å². The van der Waals surface area contributed by atoms with E-state index in [-0.39, 0.29) is 30.5 Å². The molecule has 1 aromatic carbocycles. The molecule has 0 radical (unpaired) electrons. The lowest BCUT2D eigenvalue weighted by molar-refractivity contribution is -0.255. The van der Waals surface area contributed by atoms with E-state index < -0.39 is 0 Å². The van der Waals surface area contributed by atoms with Crippen LogP contribution in [0.3, 0.4) is 0 Å². The van der Waals surface area contributed by atoms with Crippen LogP contribution in [0.2, 0.25) is 0 Å². The van der Waals surface area contributed by atoms with E-state index in [2.05, 4.69) is 24.3 Å². The van der Waals surface area contributed by atoms with Gasteiger partial charge in [0.25, 0.3) is 0 Å². The highest BCUT2D eigenvalue weighted by molar-refractivity contribution is 5.26. The minimum atomic E-state index is -0.155. The van der Waals surface area contributed by atoms with Crippen LogP contribution in [0.1, 0.15) is 31.2 Å². The molecule has 3 aliphatic heterocycles. The topological polar surface area (TPSA) is 46.2 Å². The van der Waals surface area contributed by atoms with Gasteiger partial charge in [-0.05, 0) is 43.4 Å². The number of fused-ring (bicyclic) bond motifs is 2. The predicted octanol–water partition coefficient (Wildman–Crippen LogP) is 3.82. The maximum absolute atomic E-state index is 6.45. The van der Waals surface area contributed by atoms with Gasteiger partial charge in [0.15, 0.2) is 0 Å². The molecule has 1 saturated heterocycles. The first-order valence-corrected chi connectivity index (χ1v) is 10.3. The van der Waals surface area contributed by atoms with Crippen molar-refractivity contribution in [2.45, 2.75) is 62.8 Å². The van der Waals surface area contributed by atoms with Crippen molar-refractivity contribution < 1.29 is 23.7 Å². The van der Waals surface area contributed by atoms with Gasteiger partial charge in [0.1, 0.15) is 24.1 Å². The van der Waals surface area contributed by atoms with E-state index in [1.807, 2.05) is 24.3 Å². The zero-order valence-electron chi connectivity index (χ0n) is 16.5. The van der Waals surface area contributed by atoms with E-state index in [1.165, 1.54) is 0 Å². The summed E-state index contributed by atoms with van der Waals surface area (Å²) < 4.78 is 30.6. The monoisotopic (exact) mass is 386 g/mol. The minimum absolute atomic E-state index is 0.00128. The lowest BCUT2D eigenvalue weighted by atomic mass is 9.91. The summed E-state index contributed by atoms with van der Waals surface area (Å²) >= 11 is 0. The highest BCUT2D eigenvalue weighted by atomic mass is 16.6. The summed E-state index contributed by atoms with van der Waals surface area (Å²) in [5.74, 6) is 0.847. The van der Waals surface area contributed by atoms with Crippen LogP contribution in [-0.4, -0.2) is 50.8 Å². The van der Waals surface area contributed by atoms with Crippen LogP contribution in [0.25, 0.3) is 0 Å². The van der Waals surface area contributed by atoms with Crippen molar-refractivity contribution >= 4 is 0 Å². The standard InChI is InChI=1S/C23H30O5/c1-24-18-12-10-17(11-13-18)16-27-23-21-19(8-4-2-3-6-14-25-21)28-20-9-5-7-15-26-22(20)23/h2,4-5,7,10-13,19-23H,3,6,8-9,14-16H2,1H3/b4-2-/t19-,20+,21-,22+,23+/m1/s1. The fourth-order valence-electron chi connectivity index (χ4n) is 4.11. The molecular formula is C23H30O5. The summed E-state index contributed by atoms with van der Waals surface area (Å²) in [7, 11) is 1.67. The SMILES string of the molecule is COc1ccc(CO[C@@H]2[C@H]3OCC=CC[C@@H]3O[C@@H]3C/C=C\CCCO[C@@H]23)cc1. The molecule has 152 valence electrons. The van der Waals surface area contributed by atoms with Gasteiger partial charge in [-0.1, -0.05) is 36.4 Å². The fourth-order valence-corrected chi connectivity index (χ4v) is 4.11. The number of hydrogen-bond acceptors (Lipinski definition) is 5. The van der Waals surface area contributed by atoms with E-state index in [0.29, 0.717) is 19.8 Å². The molecule has 5 atom stereocenters. The molecule has 28 heavy (non-hydrogen) atoms. The van der Waals surface area contributed by atoms with Crippen LogP contribution in [0.15, 0.2) is 48.6 Å². The number of benzene rings is 1. The second-order valence-electron chi connectivity index (χ2n) is 7.53. The molecule has 4 rings (SSSR count). The Balaban J connectivity index is 1.52. The number of allylic oxidation sites excluding steroid dienone is 1. The first kappa shape index (κ1) is 19.6. The van der Waals surface area contributed by atoms with Crippen molar-refractivity contribution in [2.24, 2.45) is 0 Å². The summed E-state index contributed by atoms with van der Waals surface area (Å²) in [6.07, 6.45) is 12.0. The molecule has 3 heterocycles. The molecule has 0 unspecified atom stereocenters. The smallest absolute Gasteiger partial charge is 0.118 e. The molecule has 5 nitrogen and oxygen atoms in total. The van der Waals surface area contributed by atoms with Crippen molar-refractivity contribution in [2.75, 3.05) is 20.3 Å². The highest BCUT2D eigenvalue weighted by Gasteiger charge is 2.47. The maximum Gasteiger partial charge on any atom is 0.118 e. The highest BCUT2D eigenvalue weighted by Crippen LogP contribution is 2.33. The van der Waals surface area contributed by atoms with Gasteiger partial charge >= 0.3 is 0 Å². The summed E-state index contributed by atoms with van der Waals surface area (Å²) in [5.41, 5.74) is 1.11. The Hall–Kier alpha value is -1.66. The molecule has 0 saturated carbocycles. The Morgan fingerprint density at radius 1 is 0.929 bits per heavy atom. The molecule has 1 aromatic rings. The average Bonchev–Trinajstić information content (AvgIpc) is 2.89. The van der Waals surface area contributed by atoms with Crippen molar-refractivity contribution in [3.63, 3.8) is 0 Å². The van der Waals surface area contributed by atoms with Gasteiger partial charge in [-0.3, -0.25) is 0 Å². The number of rotatable bonds is 4. The lowest BCUT2D eigenvalue weighted by Gasteiger charge is -2.45. The van der Waals surface area contributed by atoms with Crippen LogP contribution in [0, 0.1) is 0 Å². The zero-order valence-corrected chi connectivity index (χ0v) is 16.5. The predicted molar refractivity (Wildman–Crippen MR) is 106 cm³/mol. The van der Waals surface area contributed by atoms with Crippen LogP contribution in [0.4, 0.5) is 0 Å². The molecule has 0 aromatic heterocycles. The third-order valence-corrected chi connectivity index (χ3v) is 5.61. The van der Waals surface area contributed by atoms with Crippen LogP contribution in [0.5, 0.6) is 5.75 Å². The number of methoxy groups -OCH3 is 1. The van der Waals surface area contributed by atoms with E-state index in [0.717, 1.165) is 37.0 Å². The minimum Gasteiger partial charge on any atom is -0.497 e. The molecule has 0 bridgehead atoms. The van der Waals surface area contributed by atoms with E-state index in [4.69, 9.17) is 23.7 Å². The third-order valence-electron chi connectivity index (χ3n) is 5.61. The largest absolute Gasteiger partial charge is 0.497 e. The second-order valence-corrected chi connectivity index (χ2v) is 7.53. The van der Waals surface area contributed by atoms with Crippen LogP contribution < -0.4 is 4.74 Å². The van der Waals surface area contributed by atoms with Crippen molar-refractivity contribution in [3.8, 4) is 5.75 Å². The third kappa shape index (κ3) is 4.66. The molecule has 3 aliphatic rings.